The van der Waals surface area contributed by atoms with E-state index in [1.54, 1.807) is 38.2 Å². The zero-order chi connectivity index (χ0) is 25.2. The summed E-state index contributed by atoms with van der Waals surface area (Å²) in [5.41, 5.74) is 1.47. The SMILES string of the molecule is CN(C(=O)c1cc(NC(=O)C(c2cc(Cl)cc(Cl)c2)C(C)(Cl)Br)ccc1Cl)c1ccc(F)cc1. The predicted octanol–water partition coefficient (Wildman–Crippen LogP) is 8.13. The van der Waals surface area contributed by atoms with E-state index >= 15 is 0 Å². The Balaban J connectivity index is 1.90. The van der Waals surface area contributed by atoms with Gasteiger partial charge >= 0.3 is 0 Å². The van der Waals surface area contributed by atoms with Crippen LogP contribution < -0.4 is 10.2 Å². The maximum atomic E-state index is 13.3. The van der Waals surface area contributed by atoms with E-state index in [1.165, 1.54) is 41.3 Å². The Morgan fingerprint density at radius 1 is 1.00 bits per heavy atom. The van der Waals surface area contributed by atoms with E-state index in [0.717, 1.165) is 0 Å². The fourth-order valence-electron chi connectivity index (χ4n) is 3.36. The summed E-state index contributed by atoms with van der Waals surface area (Å²) in [6.45, 7) is 1.63. The van der Waals surface area contributed by atoms with Crippen LogP contribution >= 0.6 is 62.3 Å². The van der Waals surface area contributed by atoms with Gasteiger partial charge in [-0.2, -0.15) is 0 Å². The third-order valence-corrected chi connectivity index (χ3v) is 6.41. The Morgan fingerprint density at radius 2 is 1.59 bits per heavy atom. The second-order valence-corrected chi connectivity index (χ2v) is 11.8. The molecule has 34 heavy (non-hydrogen) atoms. The molecule has 0 saturated heterocycles. The number of benzene rings is 3. The Kier molecular flexibility index (Phi) is 8.53. The van der Waals surface area contributed by atoms with Crippen molar-refractivity contribution < 1.29 is 14.0 Å². The van der Waals surface area contributed by atoms with E-state index < -0.39 is 27.3 Å². The molecule has 0 saturated carbocycles. The summed E-state index contributed by atoms with van der Waals surface area (Å²) < 4.78 is 12.1. The number of alkyl halides is 2. The van der Waals surface area contributed by atoms with Crippen LogP contribution in [0.1, 0.15) is 28.8 Å². The molecule has 1 N–H and O–H groups in total. The number of anilines is 2. The van der Waals surface area contributed by atoms with Crippen LogP contribution in [0, 0.1) is 5.82 Å². The summed E-state index contributed by atoms with van der Waals surface area (Å²) in [4.78, 5) is 27.6. The smallest absolute Gasteiger partial charge is 0.259 e. The minimum Gasteiger partial charge on any atom is -0.325 e. The Bertz CT molecular complexity index is 1210. The Labute approximate surface area is 225 Å². The average Bonchev–Trinajstić information content (AvgIpc) is 2.73. The van der Waals surface area contributed by atoms with Gasteiger partial charge in [-0.15, -0.1) is 11.6 Å². The summed E-state index contributed by atoms with van der Waals surface area (Å²) in [5.74, 6) is -2.20. The Morgan fingerprint density at radius 3 is 2.15 bits per heavy atom. The molecule has 2 amide bonds. The minimum absolute atomic E-state index is 0.154. The van der Waals surface area contributed by atoms with Crippen molar-refractivity contribution in [3.63, 3.8) is 0 Å². The van der Waals surface area contributed by atoms with Crippen molar-refractivity contribution in [3.05, 3.63) is 92.7 Å². The van der Waals surface area contributed by atoms with Crippen molar-refractivity contribution in [1.82, 2.24) is 0 Å². The molecule has 3 aromatic rings. The number of halogens is 6. The maximum Gasteiger partial charge on any atom is 0.259 e. The third kappa shape index (κ3) is 6.43. The number of rotatable bonds is 6. The highest BCUT2D eigenvalue weighted by molar-refractivity contribution is 9.10. The monoisotopic (exact) mass is 604 g/mol. The molecule has 0 bridgehead atoms. The highest BCUT2D eigenvalue weighted by Gasteiger charge is 2.37. The molecule has 178 valence electrons. The molecule has 0 aliphatic carbocycles. The zero-order valence-corrected chi connectivity index (χ0v) is 22.5. The number of nitrogens with zero attached hydrogens (tertiary/aromatic N) is 1. The lowest BCUT2D eigenvalue weighted by atomic mass is 9.94. The minimum atomic E-state index is -1.17. The van der Waals surface area contributed by atoms with Crippen molar-refractivity contribution in [3.8, 4) is 0 Å². The molecule has 0 spiro atoms. The van der Waals surface area contributed by atoms with E-state index in [2.05, 4.69) is 21.2 Å². The van der Waals surface area contributed by atoms with Crippen molar-refractivity contribution in [2.24, 2.45) is 0 Å². The van der Waals surface area contributed by atoms with Gasteiger partial charge in [0.15, 0.2) is 0 Å². The molecule has 2 atom stereocenters. The van der Waals surface area contributed by atoms with Gasteiger partial charge in [0, 0.05) is 28.5 Å². The van der Waals surface area contributed by atoms with Gasteiger partial charge in [-0.3, -0.25) is 9.59 Å². The summed E-state index contributed by atoms with van der Waals surface area (Å²) in [7, 11) is 1.54. The predicted molar refractivity (Wildman–Crippen MR) is 142 cm³/mol. The summed E-state index contributed by atoms with van der Waals surface area (Å²) in [6.07, 6.45) is 0. The van der Waals surface area contributed by atoms with E-state index in [1.807, 2.05) is 0 Å². The molecule has 0 aliphatic heterocycles. The second-order valence-electron chi connectivity index (χ2n) is 7.62. The number of nitrogens with one attached hydrogen (secondary N) is 1. The number of carbonyl (C=O) groups is 2. The first-order chi connectivity index (χ1) is 15.9. The van der Waals surface area contributed by atoms with Crippen LogP contribution in [0.4, 0.5) is 15.8 Å². The van der Waals surface area contributed by atoms with Crippen LogP contribution in [0.15, 0.2) is 60.7 Å². The van der Waals surface area contributed by atoms with E-state index in [9.17, 15) is 14.0 Å². The first-order valence-electron chi connectivity index (χ1n) is 9.84. The molecular formula is C24H18BrCl4FN2O2. The summed E-state index contributed by atoms with van der Waals surface area (Å²) in [6, 6.07) is 14.8. The van der Waals surface area contributed by atoms with Crippen LogP contribution in [-0.4, -0.2) is 22.6 Å². The summed E-state index contributed by atoms with van der Waals surface area (Å²) in [5, 5.41) is 3.69. The standard InChI is InChI=1S/C24H18BrCl4FN2O2/c1-24(25,29)21(13-9-14(26)11-15(27)10-13)22(33)31-17-5-8-20(28)19(12-17)23(34)32(2)18-6-3-16(30)4-7-18/h3-12,21H,1-2H3,(H,31,33). The lowest BCUT2D eigenvalue weighted by Crippen LogP contribution is -2.32. The molecule has 0 aromatic heterocycles. The third-order valence-electron chi connectivity index (χ3n) is 4.97. The van der Waals surface area contributed by atoms with Gasteiger partial charge in [0.1, 0.15) is 9.60 Å². The van der Waals surface area contributed by atoms with Crippen LogP contribution in [0.3, 0.4) is 0 Å². The van der Waals surface area contributed by atoms with Gasteiger partial charge in [-0.1, -0.05) is 50.7 Å². The van der Waals surface area contributed by atoms with Gasteiger partial charge in [-0.25, -0.2) is 4.39 Å². The maximum absolute atomic E-state index is 13.3. The first kappa shape index (κ1) is 26.8. The highest BCUT2D eigenvalue weighted by atomic mass is 79.9. The average molecular weight is 607 g/mol. The van der Waals surface area contributed by atoms with Gasteiger partial charge in [0.25, 0.3) is 5.91 Å². The fourth-order valence-corrected chi connectivity index (χ4v) is 4.80. The largest absolute Gasteiger partial charge is 0.325 e. The van der Waals surface area contributed by atoms with E-state index in [-0.39, 0.29) is 10.6 Å². The molecule has 0 aliphatic rings. The second kappa shape index (κ2) is 10.8. The van der Waals surface area contributed by atoms with Crippen LogP contribution in [0.2, 0.25) is 15.1 Å². The normalized spacial score (nSPS) is 13.6. The molecule has 3 rings (SSSR count). The van der Waals surface area contributed by atoms with E-state index in [4.69, 9.17) is 46.4 Å². The number of hydrogen-bond donors (Lipinski definition) is 1. The molecular weight excluding hydrogens is 589 g/mol. The van der Waals surface area contributed by atoms with Crippen LogP contribution in [-0.2, 0) is 4.79 Å². The molecule has 0 heterocycles. The van der Waals surface area contributed by atoms with Crippen LogP contribution in [0.25, 0.3) is 0 Å². The van der Waals surface area contributed by atoms with Gasteiger partial charge < -0.3 is 10.2 Å². The van der Waals surface area contributed by atoms with Crippen molar-refractivity contribution in [2.45, 2.75) is 16.6 Å². The van der Waals surface area contributed by atoms with E-state index in [0.29, 0.717) is 27.0 Å². The number of carbonyl (C=O) groups excluding carboxylic acids is 2. The van der Waals surface area contributed by atoms with Gasteiger partial charge in [0.2, 0.25) is 5.91 Å². The zero-order valence-electron chi connectivity index (χ0n) is 17.9. The highest BCUT2D eigenvalue weighted by Crippen LogP contribution is 2.41. The Hall–Kier alpha value is -1.83. The number of hydrogen-bond acceptors (Lipinski definition) is 2. The molecule has 0 radical (unpaired) electrons. The quantitative estimate of drug-likeness (QED) is 0.288. The molecule has 0 fully saturated rings. The van der Waals surface area contributed by atoms with Crippen molar-refractivity contribution in [2.75, 3.05) is 17.3 Å². The lowest BCUT2D eigenvalue weighted by molar-refractivity contribution is -0.117. The fraction of sp³-hybridized carbons (Fsp3) is 0.167. The molecule has 4 nitrogen and oxygen atoms in total. The van der Waals surface area contributed by atoms with Gasteiger partial charge in [0.05, 0.1) is 16.5 Å². The van der Waals surface area contributed by atoms with Crippen LogP contribution in [0.5, 0.6) is 0 Å². The van der Waals surface area contributed by atoms with Crippen molar-refractivity contribution in [1.29, 1.82) is 0 Å². The first-order valence-corrected chi connectivity index (χ1v) is 12.1. The molecule has 10 heteroatoms. The lowest BCUT2D eigenvalue weighted by Gasteiger charge is -2.27. The topological polar surface area (TPSA) is 49.4 Å². The van der Waals surface area contributed by atoms with Gasteiger partial charge in [-0.05, 0) is 73.2 Å². The summed E-state index contributed by atoms with van der Waals surface area (Å²) >= 11 is 28.4. The molecule has 3 aromatic carbocycles. The molecule has 2 unspecified atom stereocenters. The number of amides is 2. The van der Waals surface area contributed by atoms with Crippen molar-refractivity contribution >= 4 is 85.5 Å².